The molecule has 0 amide bonds. The third-order valence-corrected chi connectivity index (χ3v) is 4.14. The predicted molar refractivity (Wildman–Crippen MR) is 93.2 cm³/mol. The van der Waals surface area contributed by atoms with Crippen molar-refractivity contribution in [2.45, 2.75) is 26.2 Å². The molecular weight excluding hydrogens is 360 g/mol. The summed E-state index contributed by atoms with van der Waals surface area (Å²) in [6, 6.07) is 11.0. The highest BCUT2D eigenvalue weighted by Crippen LogP contribution is 2.29. The van der Waals surface area contributed by atoms with Gasteiger partial charge in [0.25, 0.3) is 0 Å². The molecule has 0 aliphatic rings. The summed E-state index contributed by atoms with van der Waals surface area (Å²) in [5.74, 6) is 0.720. The van der Waals surface area contributed by atoms with Crippen LogP contribution in [-0.2, 0) is 19.3 Å². The van der Waals surface area contributed by atoms with Crippen LogP contribution in [0.15, 0.2) is 52.9 Å². The van der Waals surface area contributed by atoms with Gasteiger partial charge in [-0.2, -0.15) is 13.2 Å². The largest absolute Gasteiger partial charge is 0.441 e. The van der Waals surface area contributed by atoms with Crippen LogP contribution in [0.4, 0.5) is 17.6 Å². The van der Waals surface area contributed by atoms with E-state index in [1.54, 1.807) is 19.1 Å². The molecule has 3 aromatic rings. The molecule has 1 aromatic heterocycles. The lowest BCUT2D eigenvalue weighted by Gasteiger charge is -2.16. The summed E-state index contributed by atoms with van der Waals surface area (Å²) in [7, 11) is 1.85. The van der Waals surface area contributed by atoms with E-state index in [-0.39, 0.29) is 5.82 Å². The molecule has 0 N–H and O–H groups in total. The minimum atomic E-state index is -4.33. The summed E-state index contributed by atoms with van der Waals surface area (Å²) in [5.41, 5.74) is 1.51. The van der Waals surface area contributed by atoms with Crippen molar-refractivity contribution in [1.82, 2.24) is 9.88 Å². The number of aromatic nitrogens is 1. The van der Waals surface area contributed by atoms with Crippen molar-refractivity contribution >= 4 is 0 Å². The molecule has 1 heterocycles. The standard InChI is InChI=1S/C20H18F4N2O/c1-13-18(25-19(27-13)15-5-9-17(21)10-6-15)12-26(2)11-14-3-7-16(8-4-14)20(22,23)24/h3-10H,11-12H2,1-2H3. The van der Waals surface area contributed by atoms with Gasteiger partial charge in [0.2, 0.25) is 5.89 Å². The van der Waals surface area contributed by atoms with Gasteiger partial charge in [-0.25, -0.2) is 9.37 Å². The van der Waals surface area contributed by atoms with Crippen LogP contribution in [-0.4, -0.2) is 16.9 Å². The van der Waals surface area contributed by atoms with E-state index >= 15 is 0 Å². The monoisotopic (exact) mass is 378 g/mol. The van der Waals surface area contributed by atoms with Crippen LogP contribution in [0.3, 0.4) is 0 Å². The summed E-state index contributed by atoms with van der Waals surface area (Å²) in [6.07, 6.45) is -4.33. The molecule has 3 rings (SSSR count). The molecule has 0 saturated carbocycles. The summed E-state index contributed by atoms with van der Waals surface area (Å²) in [6.45, 7) is 2.73. The minimum Gasteiger partial charge on any atom is -0.441 e. The fourth-order valence-corrected chi connectivity index (χ4v) is 2.71. The number of oxazole rings is 1. The molecule has 0 fully saturated rings. The molecule has 0 radical (unpaired) electrons. The van der Waals surface area contributed by atoms with Crippen molar-refractivity contribution in [3.8, 4) is 11.5 Å². The zero-order valence-corrected chi connectivity index (χ0v) is 14.8. The molecule has 0 spiro atoms. The van der Waals surface area contributed by atoms with Gasteiger partial charge in [-0.1, -0.05) is 12.1 Å². The van der Waals surface area contributed by atoms with E-state index in [9.17, 15) is 17.6 Å². The lowest BCUT2D eigenvalue weighted by atomic mass is 10.1. The zero-order valence-electron chi connectivity index (χ0n) is 14.8. The Hall–Kier alpha value is -2.67. The third-order valence-electron chi connectivity index (χ3n) is 4.14. The number of hydrogen-bond acceptors (Lipinski definition) is 3. The van der Waals surface area contributed by atoms with Crippen molar-refractivity contribution < 1.29 is 22.0 Å². The average molecular weight is 378 g/mol. The number of halogens is 4. The van der Waals surface area contributed by atoms with Crippen LogP contribution in [0.2, 0.25) is 0 Å². The normalized spacial score (nSPS) is 12.0. The maximum Gasteiger partial charge on any atom is 0.416 e. The maximum atomic E-state index is 13.0. The Bertz CT molecular complexity index is 899. The molecule has 2 aromatic carbocycles. The van der Waals surface area contributed by atoms with Crippen LogP contribution in [0, 0.1) is 12.7 Å². The Kier molecular flexibility index (Phi) is 5.32. The van der Waals surface area contributed by atoms with Crippen LogP contribution < -0.4 is 0 Å². The maximum absolute atomic E-state index is 13.0. The highest BCUT2D eigenvalue weighted by molar-refractivity contribution is 5.53. The van der Waals surface area contributed by atoms with Crippen LogP contribution in [0.25, 0.3) is 11.5 Å². The van der Waals surface area contributed by atoms with Crippen molar-refractivity contribution in [1.29, 1.82) is 0 Å². The fourth-order valence-electron chi connectivity index (χ4n) is 2.71. The van der Waals surface area contributed by atoms with Crippen LogP contribution in [0.1, 0.15) is 22.6 Å². The van der Waals surface area contributed by atoms with Gasteiger partial charge in [0.05, 0.1) is 11.3 Å². The van der Waals surface area contributed by atoms with Gasteiger partial charge in [-0.3, -0.25) is 4.90 Å². The second kappa shape index (κ2) is 7.52. The van der Waals surface area contributed by atoms with Gasteiger partial charge in [-0.15, -0.1) is 0 Å². The second-order valence-corrected chi connectivity index (χ2v) is 6.40. The Balaban J connectivity index is 1.67. The van der Waals surface area contributed by atoms with E-state index in [1.165, 1.54) is 24.3 Å². The average Bonchev–Trinajstić information content (AvgIpc) is 2.95. The molecule has 3 nitrogen and oxygen atoms in total. The molecule has 0 atom stereocenters. The highest BCUT2D eigenvalue weighted by Gasteiger charge is 2.29. The lowest BCUT2D eigenvalue weighted by Crippen LogP contribution is -2.18. The van der Waals surface area contributed by atoms with Crippen molar-refractivity contribution in [3.05, 3.63) is 76.9 Å². The number of nitrogens with zero attached hydrogens (tertiary/aromatic N) is 2. The fraction of sp³-hybridized carbons (Fsp3) is 0.250. The topological polar surface area (TPSA) is 29.3 Å². The summed E-state index contributed by atoms with van der Waals surface area (Å²) < 4.78 is 56.6. The first kappa shape index (κ1) is 19.1. The van der Waals surface area contributed by atoms with Gasteiger partial charge in [0.15, 0.2) is 0 Å². The van der Waals surface area contributed by atoms with E-state index in [0.717, 1.165) is 23.4 Å². The summed E-state index contributed by atoms with van der Waals surface area (Å²) in [4.78, 5) is 6.39. The molecule has 27 heavy (non-hydrogen) atoms. The molecule has 7 heteroatoms. The molecule has 0 aliphatic carbocycles. The molecule has 0 unspecified atom stereocenters. The highest BCUT2D eigenvalue weighted by atomic mass is 19.4. The molecule has 0 aliphatic heterocycles. The number of alkyl halides is 3. The van der Waals surface area contributed by atoms with E-state index in [2.05, 4.69) is 4.98 Å². The van der Waals surface area contributed by atoms with Crippen LogP contribution in [0.5, 0.6) is 0 Å². The minimum absolute atomic E-state index is 0.335. The van der Waals surface area contributed by atoms with Crippen molar-refractivity contribution in [2.24, 2.45) is 0 Å². The van der Waals surface area contributed by atoms with E-state index < -0.39 is 11.7 Å². The second-order valence-electron chi connectivity index (χ2n) is 6.40. The van der Waals surface area contributed by atoms with Gasteiger partial charge in [0.1, 0.15) is 11.6 Å². The lowest BCUT2D eigenvalue weighted by molar-refractivity contribution is -0.137. The molecule has 142 valence electrons. The van der Waals surface area contributed by atoms with Gasteiger partial charge in [0, 0.05) is 18.7 Å². The Morgan fingerprint density at radius 1 is 0.963 bits per heavy atom. The Morgan fingerprint density at radius 2 is 1.59 bits per heavy atom. The first-order chi connectivity index (χ1) is 12.7. The molecule has 0 bridgehead atoms. The SMILES string of the molecule is Cc1oc(-c2ccc(F)cc2)nc1CN(C)Cc1ccc(C(F)(F)F)cc1. The first-order valence-electron chi connectivity index (χ1n) is 8.29. The number of hydrogen-bond donors (Lipinski definition) is 0. The number of aryl methyl sites for hydroxylation is 1. The number of rotatable bonds is 5. The van der Waals surface area contributed by atoms with E-state index in [1.807, 2.05) is 11.9 Å². The predicted octanol–water partition coefficient (Wildman–Crippen LogP) is 5.44. The van der Waals surface area contributed by atoms with Gasteiger partial charge < -0.3 is 4.42 Å². The summed E-state index contributed by atoms with van der Waals surface area (Å²) >= 11 is 0. The van der Waals surface area contributed by atoms with Crippen molar-refractivity contribution in [2.75, 3.05) is 7.05 Å². The number of benzene rings is 2. The third kappa shape index (κ3) is 4.74. The Labute approximate surface area is 154 Å². The van der Waals surface area contributed by atoms with E-state index in [0.29, 0.717) is 30.3 Å². The van der Waals surface area contributed by atoms with Crippen LogP contribution >= 0.6 is 0 Å². The Morgan fingerprint density at radius 3 is 2.19 bits per heavy atom. The molecule has 0 saturated heterocycles. The van der Waals surface area contributed by atoms with Gasteiger partial charge >= 0.3 is 6.18 Å². The molecular formula is C20H18F4N2O. The van der Waals surface area contributed by atoms with Gasteiger partial charge in [-0.05, 0) is 55.9 Å². The van der Waals surface area contributed by atoms with E-state index in [4.69, 9.17) is 4.42 Å². The smallest absolute Gasteiger partial charge is 0.416 e. The first-order valence-corrected chi connectivity index (χ1v) is 8.29. The van der Waals surface area contributed by atoms with Crippen molar-refractivity contribution in [3.63, 3.8) is 0 Å². The zero-order chi connectivity index (χ0) is 19.6. The quantitative estimate of drug-likeness (QED) is 0.554. The summed E-state index contributed by atoms with van der Waals surface area (Å²) in [5, 5.41) is 0.